The Bertz CT molecular complexity index is 567. The van der Waals surface area contributed by atoms with Gasteiger partial charge in [0.2, 0.25) is 0 Å². The lowest BCUT2D eigenvalue weighted by molar-refractivity contribution is -0.148. The Morgan fingerprint density at radius 3 is 2.95 bits per heavy atom. The first-order valence-electron chi connectivity index (χ1n) is 6.70. The van der Waals surface area contributed by atoms with Crippen LogP contribution in [0.15, 0.2) is 22.7 Å². The second-order valence-electron chi connectivity index (χ2n) is 5.28. The first-order chi connectivity index (χ1) is 9.52. The number of nitrogens with zero attached hydrogens (tertiary/aromatic N) is 2. The Balaban J connectivity index is 2.31. The van der Waals surface area contributed by atoms with E-state index in [9.17, 15) is 15.2 Å². The number of hydrogen-bond acceptors (Lipinski definition) is 3. The van der Waals surface area contributed by atoms with Gasteiger partial charge in [-0.15, -0.1) is 0 Å². The van der Waals surface area contributed by atoms with Crippen molar-refractivity contribution >= 4 is 27.6 Å². The lowest BCUT2D eigenvalue weighted by Gasteiger charge is -2.25. The molecule has 20 heavy (non-hydrogen) atoms. The Morgan fingerprint density at radius 1 is 1.60 bits per heavy atom. The second kappa shape index (κ2) is 5.84. The van der Waals surface area contributed by atoms with Gasteiger partial charge in [0.1, 0.15) is 6.07 Å². The zero-order valence-corrected chi connectivity index (χ0v) is 13.0. The average molecular weight is 337 g/mol. The largest absolute Gasteiger partial charge is 0.481 e. The predicted molar refractivity (Wildman–Crippen MR) is 80.7 cm³/mol. The van der Waals surface area contributed by atoms with Crippen LogP contribution in [0, 0.1) is 16.7 Å². The molecule has 1 heterocycles. The van der Waals surface area contributed by atoms with Gasteiger partial charge in [0.25, 0.3) is 0 Å². The Kier molecular flexibility index (Phi) is 4.34. The third-order valence-electron chi connectivity index (χ3n) is 3.96. The van der Waals surface area contributed by atoms with E-state index in [-0.39, 0.29) is 0 Å². The minimum Gasteiger partial charge on any atom is -0.481 e. The number of benzene rings is 1. The number of carboxylic acid groups (broad SMARTS) is 1. The fraction of sp³-hybridized carbons (Fsp3) is 0.467. The van der Waals surface area contributed by atoms with Crippen molar-refractivity contribution in [2.45, 2.75) is 26.2 Å². The maximum atomic E-state index is 11.6. The fourth-order valence-electron chi connectivity index (χ4n) is 2.90. The van der Waals surface area contributed by atoms with Crippen LogP contribution in [0.4, 0.5) is 5.69 Å². The molecule has 0 aliphatic carbocycles. The molecule has 0 radical (unpaired) electrons. The number of carboxylic acids is 1. The van der Waals surface area contributed by atoms with Crippen molar-refractivity contribution in [2.24, 2.45) is 5.41 Å². The number of carbonyl (C=O) groups is 1. The molecule has 0 bridgehead atoms. The highest BCUT2D eigenvalue weighted by molar-refractivity contribution is 9.10. The topological polar surface area (TPSA) is 64.3 Å². The van der Waals surface area contributed by atoms with E-state index >= 15 is 0 Å². The van der Waals surface area contributed by atoms with E-state index in [4.69, 9.17) is 0 Å². The van der Waals surface area contributed by atoms with E-state index in [2.05, 4.69) is 22.0 Å². The molecule has 0 amide bonds. The number of nitriles is 1. The molecule has 0 spiro atoms. The molecule has 1 aromatic rings. The van der Waals surface area contributed by atoms with Crippen molar-refractivity contribution in [3.05, 3.63) is 28.2 Å². The molecular formula is C15H17BrN2O2. The van der Waals surface area contributed by atoms with Gasteiger partial charge in [-0.05, 0) is 31.0 Å². The molecule has 106 valence electrons. The van der Waals surface area contributed by atoms with E-state index in [1.54, 1.807) is 6.07 Å². The van der Waals surface area contributed by atoms with Crippen molar-refractivity contribution in [1.82, 2.24) is 0 Å². The monoisotopic (exact) mass is 336 g/mol. The maximum Gasteiger partial charge on any atom is 0.311 e. The summed E-state index contributed by atoms with van der Waals surface area (Å²) in [5, 5.41) is 18.7. The highest BCUT2D eigenvalue weighted by atomic mass is 79.9. The maximum absolute atomic E-state index is 11.6. The molecular weight excluding hydrogens is 320 g/mol. The minimum atomic E-state index is -0.727. The molecule has 1 saturated heterocycles. The molecule has 4 nitrogen and oxygen atoms in total. The summed E-state index contributed by atoms with van der Waals surface area (Å²) in [6.45, 7) is 3.16. The van der Waals surface area contributed by atoms with E-state index in [0.717, 1.165) is 16.6 Å². The van der Waals surface area contributed by atoms with Gasteiger partial charge in [-0.1, -0.05) is 29.3 Å². The van der Waals surface area contributed by atoms with Gasteiger partial charge in [-0.2, -0.15) is 5.26 Å². The summed E-state index contributed by atoms with van der Waals surface area (Å²) in [6.07, 6.45) is 2.16. The van der Waals surface area contributed by atoms with Gasteiger partial charge in [-0.25, -0.2) is 0 Å². The van der Waals surface area contributed by atoms with Crippen LogP contribution in [-0.2, 0) is 4.79 Å². The number of hydrogen-bond donors (Lipinski definition) is 1. The zero-order chi connectivity index (χ0) is 14.8. The van der Waals surface area contributed by atoms with Gasteiger partial charge in [0.05, 0.1) is 16.7 Å². The van der Waals surface area contributed by atoms with Crippen LogP contribution >= 0.6 is 15.9 Å². The smallest absolute Gasteiger partial charge is 0.311 e. The minimum absolute atomic E-state index is 0.474. The van der Waals surface area contributed by atoms with Crippen LogP contribution in [0.25, 0.3) is 0 Å². The Morgan fingerprint density at radius 2 is 2.35 bits per heavy atom. The van der Waals surface area contributed by atoms with Gasteiger partial charge in [0.15, 0.2) is 0 Å². The van der Waals surface area contributed by atoms with Crippen molar-refractivity contribution in [2.75, 3.05) is 18.0 Å². The number of rotatable bonds is 4. The normalized spacial score (nSPS) is 21.8. The lowest BCUT2D eigenvalue weighted by atomic mass is 9.83. The number of halogens is 1. The van der Waals surface area contributed by atoms with Crippen LogP contribution < -0.4 is 4.90 Å². The van der Waals surface area contributed by atoms with Crippen molar-refractivity contribution in [1.29, 1.82) is 5.26 Å². The highest BCUT2D eigenvalue weighted by Gasteiger charge is 2.44. The van der Waals surface area contributed by atoms with E-state index < -0.39 is 11.4 Å². The van der Waals surface area contributed by atoms with Gasteiger partial charge < -0.3 is 10.0 Å². The van der Waals surface area contributed by atoms with Crippen LogP contribution in [0.3, 0.4) is 0 Å². The molecule has 1 N–H and O–H groups in total. The first-order valence-corrected chi connectivity index (χ1v) is 7.50. The summed E-state index contributed by atoms with van der Waals surface area (Å²) in [5.74, 6) is -0.727. The molecule has 0 saturated carbocycles. The van der Waals surface area contributed by atoms with E-state index in [0.29, 0.717) is 31.5 Å². The highest BCUT2D eigenvalue weighted by Crippen LogP contribution is 2.39. The van der Waals surface area contributed by atoms with Gasteiger partial charge in [-0.3, -0.25) is 4.79 Å². The lowest BCUT2D eigenvalue weighted by Crippen LogP contribution is -2.34. The number of anilines is 1. The molecule has 1 fully saturated rings. The summed E-state index contributed by atoms with van der Waals surface area (Å²) in [5.41, 5.74) is 0.732. The third kappa shape index (κ3) is 2.66. The zero-order valence-electron chi connectivity index (χ0n) is 11.4. The summed E-state index contributed by atoms with van der Waals surface area (Å²) < 4.78 is 0.898. The fourth-order valence-corrected chi connectivity index (χ4v) is 3.25. The Labute approximate surface area is 127 Å². The summed E-state index contributed by atoms with van der Waals surface area (Å²) in [6, 6.07) is 7.66. The molecule has 1 aliphatic heterocycles. The van der Waals surface area contributed by atoms with Crippen molar-refractivity contribution in [3.8, 4) is 6.07 Å². The second-order valence-corrected chi connectivity index (χ2v) is 6.20. The van der Waals surface area contributed by atoms with Crippen LogP contribution in [-0.4, -0.2) is 24.2 Å². The molecule has 0 aromatic heterocycles. The van der Waals surface area contributed by atoms with Crippen molar-refractivity contribution in [3.63, 3.8) is 0 Å². The van der Waals surface area contributed by atoms with Crippen LogP contribution in [0.5, 0.6) is 0 Å². The van der Waals surface area contributed by atoms with E-state index in [1.807, 2.05) is 24.0 Å². The Hall–Kier alpha value is -1.54. The molecule has 1 aliphatic rings. The first kappa shape index (κ1) is 14.9. The van der Waals surface area contributed by atoms with Gasteiger partial charge in [0, 0.05) is 17.6 Å². The summed E-state index contributed by atoms with van der Waals surface area (Å²) >= 11 is 3.41. The van der Waals surface area contributed by atoms with Crippen LogP contribution in [0.2, 0.25) is 0 Å². The molecule has 2 rings (SSSR count). The van der Waals surface area contributed by atoms with Crippen molar-refractivity contribution < 1.29 is 9.90 Å². The van der Waals surface area contributed by atoms with E-state index in [1.165, 1.54) is 0 Å². The third-order valence-corrected chi connectivity index (χ3v) is 4.45. The summed E-state index contributed by atoms with van der Waals surface area (Å²) in [4.78, 5) is 13.6. The number of aliphatic carboxylic acids is 1. The molecule has 1 atom stereocenters. The average Bonchev–Trinajstić information content (AvgIpc) is 2.85. The van der Waals surface area contributed by atoms with Crippen LogP contribution in [0.1, 0.15) is 31.7 Å². The SMILES string of the molecule is CCCC1(C(=O)O)CCN(c2cc(Br)ccc2C#N)C1. The molecule has 1 unspecified atom stereocenters. The summed E-state index contributed by atoms with van der Waals surface area (Å²) in [7, 11) is 0. The predicted octanol–water partition coefficient (Wildman–Crippen LogP) is 3.40. The molecule has 1 aromatic carbocycles. The standard InChI is InChI=1S/C15H17BrN2O2/c1-2-5-15(14(19)20)6-7-18(10-15)13-8-12(16)4-3-11(13)9-17/h3-4,8H,2,5-7,10H2,1H3,(H,19,20). The quantitative estimate of drug-likeness (QED) is 0.915. The van der Waals surface area contributed by atoms with Gasteiger partial charge >= 0.3 is 5.97 Å². The molecule has 5 heteroatoms.